The third kappa shape index (κ3) is 22.5. The second kappa shape index (κ2) is 17.2. The zero-order chi connectivity index (χ0) is 9.66. The molecule has 2 N–H and O–H groups in total. The van der Waals surface area contributed by atoms with E-state index in [0.29, 0.717) is 0 Å². The highest BCUT2D eigenvalue weighted by molar-refractivity contribution is 4.43. The summed E-state index contributed by atoms with van der Waals surface area (Å²) in [5.41, 5.74) is 5.34. The van der Waals surface area contributed by atoms with E-state index in [2.05, 4.69) is 20.8 Å². The topological polar surface area (TPSA) is 26.0 Å². The summed E-state index contributed by atoms with van der Waals surface area (Å²) in [6, 6.07) is 0. The van der Waals surface area contributed by atoms with Crippen molar-refractivity contribution < 1.29 is 1.43 Å². The molecular formula is C11H29N. The Balaban J connectivity index is -0.000000220. The van der Waals surface area contributed by atoms with E-state index in [1.807, 2.05) is 0 Å². The first kappa shape index (κ1) is 14.5. The Hall–Kier alpha value is -0.0400. The Morgan fingerprint density at radius 1 is 0.833 bits per heavy atom. The second-order valence-electron chi connectivity index (χ2n) is 3.26. The highest BCUT2D eigenvalue weighted by Gasteiger charge is 1.85. The molecular weight excluding hydrogens is 146 g/mol. The molecule has 0 aliphatic rings. The summed E-state index contributed by atoms with van der Waals surface area (Å²) in [4.78, 5) is 0. The maximum absolute atomic E-state index is 5.34. The van der Waals surface area contributed by atoms with E-state index >= 15 is 0 Å². The van der Waals surface area contributed by atoms with Crippen LogP contribution in [0.15, 0.2) is 0 Å². The van der Waals surface area contributed by atoms with E-state index in [-0.39, 0.29) is 1.43 Å². The minimum Gasteiger partial charge on any atom is -0.330 e. The molecule has 1 heteroatoms. The van der Waals surface area contributed by atoms with E-state index in [4.69, 9.17) is 5.73 Å². The summed E-state index contributed by atoms with van der Waals surface area (Å²) in [7, 11) is 0. The van der Waals surface area contributed by atoms with E-state index in [0.717, 1.165) is 6.54 Å². The Morgan fingerprint density at radius 3 is 1.67 bits per heavy atom. The summed E-state index contributed by atoms with van der Waals surface area (Å²) in [6.07, 6.45) is 9.30. The van der Waals surface area contributed by atoms with Gasteiger partial charge in [-0.25, -0.2) is 0 Å². The zero-order valence-corrected chi connectivity index (χ0v) is 9.23. The molecule has 1 nitrogen and oxygen atoms in total. The van der Waals surface area contributed by atoms with E-state index in [1.165, 1.54) is 44.9 Å². The normalized spacial score (nSPS) is 9.00. The molecule has 0 heterocycles. The molecule has 0 amide bonds. The van der Waals surface area contributed by atoms with Crippen molar-refractivity contribution in [2.24, 2.45) is 5.73 Å². The SMILES string of the molecule is CCC.CCCCCCCCN.[HH]. The van der Waals surface area contributed by atoms with E-state index in [1.54, 1.807) is 0 Å². The first-order chi connectivity index (χ1) is 5.83. The van der Waals surface area contributed by atoms with Gasteiger partial charge >= 0.3 is 0 Å². The standard InChI is InChI=1S/C8H19N.C3H8.H2/c1-2-3-4-5-6-7-8-9;1-3-2;/h2-9H2,1H3;3H2,1-2H3;1H. The molecule has 0 radical (unpaired) electrons. The number of unbranched alkanes of at least 4 members (excludes halogenated alkanes) is 5. The molecule has 0 spiro atoms. The fraction of sp³-hybridized carbons (Fsp3) is 1.00. The van der Waals surface area contributed by atoms with Crippen LogP contribution >= 0.6 is 0 Å². The van der Waals surface area contributed by atoms with Crippen LogP contribution in [0.4, 0.5) is 0 Å². The van der Waals surface area contributed by atoms with Gasteiger partial charge in [0.25, 0.3) is 0 Å². The Kier molecular flexibility index (Phi) is 20.7. The molecule has 0 saturated carbocycles. The summed E-state index contributed by atoms with van der Waals surface area (Å²) in [6.45, 7) is 7.36. The molecule has 12 heavy (non-hydrogen) atoms. The van der Waals surface area contributed by atoms with Gasteiger partial charge in [0.2, 0.25) is 0 Å². The number of hydrogen-bond donors (Lipinski definition) is 1. The second-order valence-corrected chi connectivity index (χ2v) is 3.26. The Bertz CT molecular complexity index is 52.1. The van der Waals surface area contributed by atoms with Crippen LogP contribution in [-0.2, 0) is 0 Å². The fourth-order valence-corrected chi connectivity index (χ4v) is 0.925. The smallest absolute Gasteiger partial charge is 0 e. The van der Waals surface area contributed by atoms with Crippen LogP contribution in [0.5, 0.6) is 0 Å². The van der Waals surface area contributed by atoms with Crippen LogP contribution in [0, 0.1) is 0 Å². The van der Waals surface area contributed by atoms with Crippen LogP contribution in [-0.4, -0.2) is 6.54 Å². The van der Waals surface area contributed by atoms with Crippen LogP contribution < -0.4 is 5.73 Å². The molecule has 0 aliphatic heterocycles. The molecule has 0 fully saturated rings. The van der Waals surface area contributed by atoms with Crippen LogP contribution in [0.1, 0.15) is 67.1 Å². The molecule has 0 atom stereocenters. The third-order valence-electron chi connectivity index (χ3n) is 1.56. The van der Waals surface area contributed by atoms with Gasteiger partial charge < -0.3 is 5.73 Å². The number of hydrogen-bond acceptors (Lipinski definition) is 1. The van der Waals surface area contributed by atoms with Gasteiger partial charge in [-0.1, -0.05) is 59.3 Å². The van der Waals surface area contributed by atoms with Crippen molar-refractivity contribution >= 4 is 0 Å². The van der Waals surface area contributed by atoms with Crippen LogP contribution in [0.2, 0.25) is 0 Å². The minimum atomic E-state index is 0. The van der Waals surface area contributed by atoms with Crippen molar-refractivity contribution in [2.75, 3.05) is 6.54 Å². The molecule has 0 aliphatic carbocycles. The van der Waals surface area contributed by atoms with Crippen molar-refractivity contribution in [1.29, 1.82) is 0 Å². The van der Waals surface area contributed by atoms with E-state index < -0.39 is 0 Å². The third-order valence-corrected chi connectivity index (χ3v) is 1.56. The molecule has 0 aromatic heterocycles. The van der Waals surface area contributed by atoms with Crippen molar-refractivity contribution in [3.05, 3.63) is 0 Å². The quantitative estimate of drug-likeness (QED) is 0.607. The molecule has 78 valence electrons. The maximum Gasteiger partial charge on any atom is 0 e. The highest BCUT2D eigenvalue weighted by atomic mass is 14.5. The maximum atomic E-state index is 5.34. The Labute approximate surface area is 80.2 Å². The average molecular weight is 175 g/mol. The first-order valence-corrected chi connectivity index (χ1v) is 5.53. The molecule has 0 aromatic carbocycles. The van der Waals surface area contributed by atoms with Gasteiger partial charge in [-0.05, 0) is 13.0 Å². The summed E-state index contributed by atoms with van der Waals surface area (Å²) >= 11 is 0. The average Bonchev–Trinajstić information content (AvgIpc) is 2.06. The van der Waals surface area contributed by atoms with Crippen molar-refractivity contribution in [3.8, 4) is 0 Å². The van der Waals surface area contributed by atoms with Gasteiger partial charge in [0.1, 0.15) is 0 Å². The summed E-state index contributed by atoms with van der Waals surface area (Å²) in [5.74, 6) is 0. The lowest BCUT2D eigenvalue weighted by molar-refractivity contribution is 0.612. The Morgan fingerprint density at radius 2 is 1.25 bits per heavy atom. The zero-order valence-electron chi connectivity index (χ0n) is 9.23. The van der Waals surface area contributed by atoms with Gasteiger partial charge in [-0.3, -0.25) is 0 Å². The predicted molar refractivity (Wildman–Crippen MR) is 60.5 cm³/mol. The van der Waals surface area contributed by atoms with Gasteiger partial charge in [-0.2, -0.15) is 0 Å². The first-order valence-electron chi connectivity index (χ1n) is 5.53. The fourth-order valence-electron chi connectivity index (χ4n) is 0.925. The monoisotopic (exact) mass is 175 g/mol. The largest absolute Gasteiger partial charge is 0.330 e. The van der Waals surface area contributed by atoms with Crippen molar-refractivity contribution in [3.63, 3.8) is 0 Å². The van der Waals surface area contributed by atoms with Crippen LogP contribution in [0.3, 0.4) is 0 Å². The van der Waals surface area contributed by atoms with Gasteiger partial charge in [0.05, 0.1) is 0 Å². The lowest BCUT2D eigenvalue weighted by Crippen LogP contribution is -1.97. The van der Waals surface area contributed by atoms with Crippen molar-refractivity contribution in [1.82, 2.24) is 0 Å². The van der Waals surface area contributed by atoms with Gasteiger partial charge in [0.15, 0.2) is 0 Å². The lowest BCUT2D eigenvalue weighted by atomic mass is 10.1. The van der Waals surface area contributed by atoms with E-state index in [9.17, 15) is 0 Å². The molecule has 0 unspecified atom stereocenters. The number of rotatable bonds is 6. The molecule has 0 aromatic rings. The molecule has 0 rings (SSSR count). The summed E-state index contributed by atoms with van der Waals surface area (Å²) < 4.78 is 0. The van der Waals surface area contributed by atoms with Gasteiger partial charge in [0, 0.05) is 1.43 Å². The summed E-state index contributed by atoms with van der Waals surface area (Å²) in [5, 5.41) is 0. The predicted octanol–water partition coefficient (Wildman–Crippen LogP) is 3.97. The number of nitrogens with two attached hydrogens (primary N) is 1. The van der Waals surface area contributed by atoms with Crippen molar-refractivity contribution in [2.45, 2.75) is 65.7 Å². The molecule has 0 saturated heterocycles. The minimum absolute atomic E-state index is 0. The molecule has 0 bridgehead atoms. The van der Waals surface area contributed by atoms with Gasteiger partial charge in [-0.15, -0.1) is 0 Å². The lowest BCUT2D eigenvalue weighted by Gasteiger charge is -1.96. The van der Waals surface area contributed by atoms with Crippen LogP contribution in [0.25, 0.3) is 0 Å². The highest BCUT2D eigenvalue weighted by Crippen LogP contribution is 2.03.